The monoisotopic (exact) mass is 397 g/mol. The van der Waals surface area contributed by atoms with Crippen LogP contribution in [0.2, 0.25) is 0 Å². The van der Waals surface area contributed by atoms with Gasteiger partial charge in [-0.05, 0) is 48.7 Å². The highest BCUT2D eigenvalue weighted by Crippen LogP contribution is 2.35. The van der Waals surface area contributed by atoms with Gasteiger partial charge in [0.15, 0.2) is 0 Å². The van der Waals surface area contributed by atoms with E-state index in [0.29, 0.717) is 6.42 Å². The second-order valence-corrected chi connectivity index (χ2v) is 6.89. The fourth-order valence-corrected chi connectivity index (χ4v) is 2.85. The van der Waals surface area contributed by atoms with E-state index in [1.807, 2.05) is 55.5 Å². The fourth-order valence-electron chi connectivity index (χ4n) is 2.32. The van der Waals surface area contributed by atoms with E-state index in [1.54, 1.807) is 0 Å². The second-order valence-electron chi connectivity index (χ2n) is 5.06. The number of hydrogen-bond donors (Lipinski definition) is 2. The Morgan fingerprint density at radius 2 is 1.30 bits per heavy atom. The molecular formula is C16H17Br2NO. The molecule has 106 valence electrons. The third-order valence-corrected chi connectivity index (χ3v) is 4.32. The van der Waals surface area contributed by atoms with E-state index in [4.69, 9.17) is 5.73 Å². The Morgan fingerprint density at radius 3 is 1.60 bits per heavy atom. The number of halogens is 2. The molecule has 2 nitrogen and oxygen atoms in total. The van der Waals surface area contributed by atoms with E-state index in [0.717, 1.165) is 20.1 Å². The molecule has 0 heterocycles. The van der Waals surface area contributed by atoms with Crippen LogP contribution in [0.15, 0.2) is 57.5 Å². The molecule has 2 rings (SSSR count). The Hall–Kier alpha value is -0.680. The van der Waals surface area contributed by atoms with E-state index >= 15 is 0 Å². The summed E-state index contributed by atoms with van der Waals surface area (Å²) in [6.07, 6.45) is 0.469. The summed E-state index contributed by atoms with van der Waals surface area (Å²) in [4.78, 5) is 0. The summed E-state index contributed by atoms with van der Waals surface area (Å²) in [7, 11) is 0. The number of aliphatic hydroxyl groups is 1. The van der Waals surface area contributed by atoms with Crippen molar-refractivity contribution in [2.75, 3.05) is 0 Å². The number of benzene rings is 2. The van der Waals surface area contributed by atoms with Crippen molar-refractivity contribution in [2.45, 2.75) is 25.0 Å². The van der Waals surface area contributed by atoms with Gasteiger partial charge in [0, 0.05) is 15.0 Å². The third kappa shape index (κ3) is 3.50. The Balaban J connectivity index is 2.49. The summed E-state index contributed by atoms with van der Waals surface area (Å²) >= 11 is 6.83. The molecule has 1 atom stereocenters. The maximum absolute atomic E-state index is 11.2. The average Bonchev–Trinajstić information content (AvgIpc) is 2.39. The first-order valence-electron chi connectivity index (χ1n) is 6.42. The molecule has 1 unspecified atom stereocenters. The van der Waals surface area contributed by atoms with E-state index in [-0.39, 0.29) is 6.04 Å². The molecule has 0 aliphatic rings. The zero-order valence-corrected chi connectivity index (χ0v) is 14.4. The third-order valence-electron chi connectivity index (χ3n) is 3.26. The zero-order valence-electron chi connectivity index (χ0n) is 11.2. The van der Waals surface area contributed by atoms with Gasteiger partial charge in [-0.15, -0.1) is 0 Å². The van der Waals surface area contributed by atoms with Crippen LogP contribution in [0.5, 0.6) is 0 Å². The molecule has 0 saturated heterocycles. The van der Waals surface area contributed by atoms with Crippen molar-refractivity contribution in [3.05, 3.63) is 68.6 Å². The summed E-state index contributed by atoms with van der Waals surface area (Å²) in [5, 5.41) is 11.2. The van der Waals surface area contributed by atoms with E-state index in [2.05, 4.69) is 31.9 Å². The topological polar surface area (TPSA) is 46.2 Å². The lowest BCUT2D eigenvalue weighted by molar-refractivity contribution is 0.0652. The van der Waals surface area contributed by atoms with Gasteiger partial charge in [0.2, 0.25) is 0 Å². The molecule has 0 aliphatic carbocycles. The summed E-state index contributed by atoms with van der Waals surface area (Å²) in [6, 6.07) is 15.3. The van der Waals surface area contributed by atoms with E-state index in [1.165, 1.54) is 0 Å². The Bertz CT molecular complexity index is 519. The van der Waals surface area contributed by atoms with Gasteiger partial charge in [0.1, 0.15) is 5.60 Å². The van der Waals surface area contributed by atoms with Gasteiger partial charge in [0.25, 0.3) is 0 Å². The Morgan fingerprint density at radius 1 is 0.950 bits per heavy atom. The fraction of sp³-hybridized carbons (Fsp3) is 0.250. The van der Waals surface area contributed by atoms with Crippen LogP contribution in [0, 0.1) is 0 Å². The summed E-state index contributed by atoms with van der Waals surface area (Å²) < 4.78 is 1.97. The molecule has 4 heteroatoms. The molecule has 0 bridgehead atoms. The normalized spacial score (nSPS) is 13.2. The summed E-state index contributed by atoms with van der Waals surface area (Å²) in [6.45, 7) is 1.91. The standard InChI is InChI=1S/C16H17Br2NO/c1-11(19)10-16(20,12-2-6-14(17)7-3-12)13-4-8-15(18)9-5-13/h2-9,11,20H,10,19H2,1H3. The van der Waals surface area contributed by atoms with Crippen LogP contribution in [0.4, 0.5) is 0 Å². The molecule has 0 radical (unpaired) electrons. The van der Waals surface area contributed by atoms with Crippen molar-refractivity contribution < 1.29 is 5.11 Å². The molecule has 3 N–H and O–H groups in total. The first-order valence-corrected chi connectivity index (χ1v) is 8.00. The molecule has 0 amide bonds. The minimum absolute atomic E-state index is 0.104. The average molecular weight is 399 g/mol. The zero-order chi connectivity index (χ0) is 14.8. The van der Waals surface area contributed by atoms with Gasteiger partial charge in [0.05, 0.1) is 0 Å². The first-order chi connectivity index (χ1) is 9.41. The largest absolute Gasteiger partial charge is 0.380 e. The Kier molecular flexibility index (Phi) is 5.02. The van der Waals surface area contributed by atoms with Crippen LogP contribution in [0.3, 0.4) is 0 Å². The SMILES string of the molecule is CC(N)CC(O)(c1ccc(Br)cc1)c1ccc(Br)cc1. The van der Waals surface area contributed by atoms with Crippen LogP contribution >= 0.6 is 31.9 Å². The molecular weight excluding hydrogens is 382 g/mol. The molecule has 0 fully saturated rings. The van der Waals surface area contributed by atoms with Crippen LogP contribution in [-0.4, -0.2) is 11.1 Å². The molecule has 0 aromatic heterocycles. The highest BCUT2D eigenvalue weighted by atomic mass is 79.9. The van der Waals surface area contributed by atoms with Crippen molar-refractivity contribution in [3.8, 4) is 0 Å². The van der Waals surface area contributed by atoms with Gasteiger partial charge in [-0.2, -0.15) is 0 Å². The summed E-state index contributed by atoms with van der Waals surface area (Å²) in [5.41, 5.74) is 6.56. The number of nitrogens with two attached hydrogens (primary N) is 1. The lowest BCUT2D eigenvalue weighted by Gasteiger charge is -2.31. The maximum Gasteiger partial charge on any atom is 0.116 e. The minimum atomic E-state index is -1.07. The summed E-state index contributed by atoms with van der Waals surface area (Å²) in [5.74, 6) is 0. The maximum atomic E-state index is 11.2. The van der Waals surface area contributed by atoms with Crippen molar-refractivity contribution >= 4 is 31.9 Å². The van der Waals surface area contributed by atoms with Crippen molar-refractivity contribution in [2.24, 2.45) is 5.73 Å². The highest BCUT2D eigenvalue weighted by Gasteiger charge is 2.32. The van der Waals surface area contributed by atoms with Crippen LogP contribution in [0.25, 0.3) is 0 Å². The van der Waals surface area contributed by atoms with Crippen LogP contribution in [0.1, 0.15) is 24.5 Å². The van der Waals surface area contributed by atoms with Crippen molar-refractivity contribution in [3.63, 3.8) is 0 Å². The van der Waals surface area contributed by atoms with Crippen LogP contribution in [-0.2, 0) is 5.60 Å². The van der Waals surface area contributed by atoms with Gasteiger partial charge in [-0.1, -0.05) is 56.1 Å². The van der Waals surface area contributed by atoms with Gasteiger partial charge >= 0.3 is 0 Å². The van der Waals surface area contributed by atoms with Gasteiger partial charge in [-0.3, -0.25) is 0 Å². The lowest BCUT2D eigenvalue weighted by atomic mass is 9.82. The Labute approximate surface area is 136 Å². The molecule has 2 aromatic carbocycles. The molecule has 0 spiro atoms. The lowest BCUT2D eigenvalue weighted by Crippen LogP contribution is -2.34. The number of hydrogen-bond acceptors (Lipinski definition) is 2. The van der Waals surface area contributed by atoms with E-state index in [9.17, 15) is 5.11 Å². The van der Waals surface area contributed by atoms with Crippen molar-refractivity contribution in [1.82, 2.24) is 0 Å². The minimum Gasteiger partial charge on any atom is -0.380 e. The van der Waals surface area contributed by atoms with Crippen molar-refractivity contribution in [1.29, 1.82) is 0 Å². The molecule has 0 aliphatic heterocycles. The van der Waals surface area contributed by atoms with Crippen LogP contribution < -0.4 is 5.73 Å². The molecule has 2 aromatic rings. The smallest absolute Gasteiger partial charge is 0.116 e. The predicted molar refractivity (Wildman–Crippen MR) is 89.5 cm³/mol. The van der Waals surface area contributed by atoms with Gasteiger partial charge < -0.3 is 10.8 Å². The molecule has 20 heavy (non-hydrogen) atoms. The predicted octanol–water partition coefficient (Wildman–Crippen LogP) is 4.18. The first kappa shape index (κ1) is 15.7. The molecule has 0 saturated carbocycles. The highest BCUT2D eigenvalue weighted by molar-refractivity contribution is 9.10. The second kappa shape index (κ2) is 6.39. The number of rotatable bonds is 4. The quantitative estimate of drug-likeness (QED) is 0.811. The van der Waals surface area contributed by atoms with E-state index < -0.39 is 5.60 Å². The van der Waals surface area contributed by atoms with Gasteiger partial charge in [-0.25, -0.2) is 0 Å².